The summed E-state index contributed by atoms with van der Waals surface area (Å²) in [6.07, 6.45) is 8.55. The molecule has 0 radical (unpaired) electrons. The van der Waals surface area contributed by atoms with E-state index in [1.807, 2.05) is 4.68 Å². The molecule has 136 valence electrons. The van der Waals surface area contributed by atoms with Crippen molar-refractivity contribution < 1.29 is 9.53 Å². The summed E-state index contributed by atoms with van der Waals surface area (Å²) in [5.74, 6) is 5.21. The number of aromatic nitrogens is 3. The molecule has 1 aromatic rings. The lowest BCUT2D eigenvalue weighted by Crippen LogP contribution is -2.51. The van der Waals surface area contributed by atoms with Crippen LogP contribution in [0.15, 0.2) is 0 Å². The molecule has 6 nitrogen and oxygen atoms in total. The molecule has 4 saturated carbocycles. The fourth-order valence-corrected chi connectivity index (χ4v) is 6.35. The Bertz CT molecular complexity index is 642. The third kappa shape index (κ3) is 2.69. The molecule has 25 heavy (non-hydrogen) atoms. The summed E-state index contributed by atoms with van der Waals surface area (Å²) in [5, 5.41) is 7.87. The molecular formula is C19H28N4O2. The van der Waals surface area contributed by atoms with Gasteiger partial charge in [-0.05, 0) is 68.6 Å². The van der Waals surface area contributed by atoms with Gasteiger partial charge in [0, 0.05) is 19.6 Å². The molecule has 5 aliphatic rings. The van der Waals surface area contributed by atoms with E-state index in [9.17, 15) is 4.79 Å². The summed E-state index contributed by atoms with van der Waals surface area (Å²) in [7, 11) is 1.66. The van der Waals surface area contributed by atoms with Crippen LogP contribution in [0.5, 0.6) is 0 Å². The van der Waals surface area contributed by atoms with Crippen LogP contribution in [-0.4, -0.2) is 27.8 Å². The number of amides is 1. The minimum atomic E-state index is 0.0107. The third-order valence-corrected chi connectivity index (χ3v) is 7.04. The average Bonchev–Trinajstić information content (AvgIpc) is 2.98. The highest BCUT2D eigenvalue weighted by molar-refractivity contribution is 5.80. The average molecular weight is 344 g/mol. The molecule has 1 aromatic heterocycles. The Labute approximate surface area is 148 Å². The van der Waals surface area contributed by atoms with Gasteiger partial charge in [-0.15, -0.1) is 0 Å². The van der Waals surface area contributed by atoms with Gasteiger partial charge in [-0.25, -0.2) is 9.67 Å². The predicted molar refractivity (Wildman–Crippen MR) is 91.4 cm³/mol. The van der Waals surface area contributed by atoms with Crippen LogP contribution in [0.25, 0.3) is 0 Å². The minimum absolute atomic E-state index is 0.0107. The number of ether oxygens (including phenoxy) is 1. The van der Waals surface area contributed by atoms with E-state index in [2.05, 4.69) is 15.4 Å². The van der Waals surface area contributed by atoms with Gasteiger partial charge in [0.25, 0.3) is 0 Å². The lowest BCUT2D eigenvalue weighted by atomic mass is 9.51. The highest BCUT2D eigenvalue weighted by atomic mass is 16.5. The quantitative estimate of drug-likeness (QED) is 0.911. The highest BCUT2D eigenvalue weighted by Crippen LogP contribution is 2.56. The Kier molecular flexibility index (Phi) is 3.84. The maximum absolute atomic E-state index is 13.2. The van der Waals surface area contributed by atoms with Crippen molar-refractivity contribution in [2.24, 2.45) is 29.6 Å². The molecule has 4 bridgehead atoms. The predicted octanol–water partition coefficient (Wildman–Crippen LogP) is 2.45. The molecule has 6 heteroatoms. The Hall–Kier alpha value is -1.43. The second-order valence-electron chi connectivity index (χ2n) is 8.70. The standard InChI is InChI=1S/C19H28N4O2/c1-25-10-16-21-18-15(3-2-4-23(18)22-16)20-19(24)17-13-6-11-5-12(8-13)9-14(17)7-11/h11-15,17H,2-10H2,1H3,(H,20,24)/t11?,12?,13?,14?,15-,17?/m1/s1. The molecule has 1 atom stereocenters. The number of fused-ring (bicyclic) bond motifs is 1. The summed E-state index contributed by atoms with van der Waals surface area (Å²) in [5.41, 5.74) is 0. The van der Waals surface area contributed by atoms with Gasteiger partial charge in [0.15, 0.2) is 5.82 Å². The van der Waals surface area contributed by atoms with Crippen molar-refractivity contribution in [3.8, 4) is 0 Å². The SMILES string of the molecule is COCc1nc2n(n1)CCC[C@H]2NC(=O)C1C2CC3CC(C2)CC1C3. The van der Waals surface area contributed by atoms with Crippen LogP contribution in [0.2, 0.25) is 0 Å². The molecule has 1 amide bonds. The number of aryl methyl sites for hydroxylation is 1. The van der Waals surface area contributed by atoms with Gasteiger partial charge < -0.3 is 10.1 Å². The second kappa shape index (κ2) is 6.08. The summed E-state index contributed by atoms with van der Waals surface area (Å²) >= 11 is 0. The van der Waals surface area contributed by atoms with Crippen LogP contribution in [0.3, 0.4) is 0 Å². The number of hydrogen-bond acceptors (Lipinski definition) is 4. The van der Waals surface area contributed by atoms with Crippen molar-refractivity contribution in [3.05, 3.63) is 11.6 Å². The molecule has 6 rings (SSSR count). The Morgan fingerprint density at radius 2 is 1.92 bits per heavy atom. The van der Waals surface area contributed by atoms with Gasteiger partial charge in [0.2, 0.25) is 5.91 Å². The molecule has 0 unspecified atom stereocenters. The lowest BCUT2D eigenvalue weighted by Gasteiger charge is -2.53. The van der Waals surface area contributed by atoms with Gasteiger partial charge in [-0.3, -0.25) is 4.79 Å². The monoisotopic (exact) mass is 344 g/mol. The van der Waals surface area contributed by atoms with E-state index in [4.69, 9.17) is 4.74 Å². The van der Waals surface area contributed by atoms with Gasteiger partial charge >= 0.3 is 0 Å². The van der Waals surface area contributed by atoms with E-state index in [0.717, 1.165) is 37.0 Å². The van der Waals surface area contributed by atoms with E-state index in [0.29, 0.717) is 24.3 Å². The van der Waals surface area contributed by atoms with Crippen LogP contribution < -0.4 is 5.32 Å². The van der Waals surface area contributed by atoms with E-state index < -0.39 is 0 Å². The first-order valence-corrected chi connectivity index (χ1v) is 9.94. The first kappa shape index (κ1) is 15.8. The van der Waals surface area contributed by atoms with E-state index in [1.165, 1.54) is 32.1 Å². The van der Waals surface area contributed by atoms with Gasteiger partial charge in [-0.2, -0.15) is 5.10 Å². The van der Waals surface area contributed by atoms with Crippen LogP contribution in [0.1, 0.15) is 62.6 Å². The third-order valence-electron chi connectivity index (χ3n) is 7.04. The lowest BCUT2D eigenvalue weighted by molar-refractivity contribution is -0.139. The summed E-state index contributed by atoms with van der Waals surface area (Å²) in [4.78, 5) is 17.8. The van der Waals surface area contributed by atoms with Crippen LogP contribution in [0, 0.1) is 29.6 Å². The van der Waals surface area contributed by atoms with Crippen molar-refractivity contribution in [2.45, 2.75) is 64.1 Å². The number of hydrogen-bond donors (Lipinski definition) is 1. The molecule has 4 aliphatic carbocycles. The first-order valence-electron chi connectivity index (χ1n) is 9.94. The van der Waals surface area contributed by atoms with Crippen molar-refractivity contribution >= 4 is 5.91 Å². The summed E-state index contributed by atoms with van der Waals surface area (Å²) in [6.45, 7) is 1.31. The maximum Gasteiger partial charge on any atom is 0.224 e. The van der Waals surface area contributed by atoms with Crippen molar-refractivity contribution in [1.82, 2.24) is 20.1 Å². The number of methoxy groups -OCH3 is 1. The van der Waals surface area contributed by atoms with Crippen molar-refractivity contribution in [3.63, 3.8) is 0 Å². The minimum Gasteiger partial charge on any atom is -0.377 e. The molecule has 0 saturated heterocycles. The van der Waals surface area contributed by atoms with Crippen LogP contribution in [0.4, 0.5) is 0 Å². The van der Waals surface area contributed by atoms with E-state index in [-0.39, 0.29) is 17.9 Å². The van der Waals surface area contributed by atoms with Crippen molar-refractivity contribution in [2.75, 3.05) is 7.11 Å². The number of carbonyl (C=O) groups is 1. The maximum atomic E-state index is 13.2. The zero-order chi connectivity index (χ0) is 17.0. The number of carbonyl (C=O) groups excluding carboxylic acids is 1. The molecule has 1 N–H and O–H groups in total. The number of nitrogens with zero attached hydrogens (tertiary/aromatic N) is 3. The molecule has 0 spiro atoms. The largest absolute Gasteiger partial charge is 0.377 e. The zero-order valence-corrected chi connectivity index (χ0v) is 15.0. The van der Waals surface area contributed by atoms with E-state index in [1.54, 1.807) is 7.11 Å². The van der Waals surface area contributed by atoms with Gasteiger partial charge in [-0.1, -0.05) is 0 Å². The summed E-state index contributed by atoms with van der Waals surface area (Å²) in [6, 6.07) is 0.0107. The normalized spacial score (nSPS) is 38.6. The van der Waals surface area contributed by atoms with Gasteiger partial charge in [0.05, 0.1) is 6.04 Å². The zero-order valence-electron chi connectivity index (χ0n) is 15.0. The number of rotatable bonds is 4. The number of nitrogens with one attached hydrogen (secondary N) is 1. The van der Waals surface area contributed by atoms with Crippen molar-refractivity contribution in [1.29, 1.82) is 0 Å². The van der Waals surface area contributed by atoms with Crippen LogP contribution >= 0.6 is 0 Å². The van der Waals surface area contributed by atoms with E-state index >= 15 is 0 Å². The fraction of sp³-hybridized carbons (Fsp3) is 0.842. The first-order chi connectivity index (χ1) is 12.2. The topological polar surface area (TPSA) is 69.0 Å². The summed E-state index contributed by atoms with van der Waals surface area (Å²) < 4.78 is 7.11. The molecule has 1 aliphatic heterocycles. The molecule has 0 aromatic carbocycles. The Morgan fingerprint density at radius 3 is 2.60 bits per heavy atom. The Morgan fingerprint density at radius 1 is 1.20 bits per heavy atom. The fourth-order valence-electron chi connectivity index (χ4n) is 6.35. The smallest absolute Gasteiger partial charge is 0.224 e. The second-order valence-corrected chi connectivity index (χ2v) is 8.70. The van der Waals surface area contributed by atoms with Gasteiger partial charge in [0.1, 0.15) is 12.4 Å². The molecular weight excluding hydrogens is 316 g/mol. The Balaban J connectivity index is 1.32. The van der Waals surface area contributed by atoms with Crippen LogP contribution in [-0.2, 0) is 22.7 Å². The molecule has 2 heterocycles. The molecule has 4 fully saturated rings. The highest BCUT2D eigenvalue weighted by Gasteiger charge is 2.51.